The molecule has 1 amide bonds. The third kappa shape index (κ3) is 4.20. The molecule has 8 nitrogen and oxygen atoms in total. The number of nitrogens with one attached hydrogen (secondary N) is 1. The predicted molar refractivity (Wildman–Crippen MR) is 107 cm³/mol. The quantitative estimate of drug-likeness (QED) is 0.669. The average Bonchev–Trinajstić information content (AvgIpc) is 3.38. The maximum atomic E-state index is 13.7. The van der Waals surface area contributed by atoms with Crippen molar-refractivity contribution in [2.75, 3.05) is 20.2 Å². The summed E-state index contributed by atoms with van der Waals surface area (Å²) < 4.78 is 26.0. The molecular formula is C21H24FN5O3. The number of furan rings is 1. The summed E-state index contributed by atoms with van der Waals surface area (Å²) in [5.74, 6) is 1.48. The second-order valence-electron chi connectivity index (χ2n) is 7.29. The third-order valence-corrected chi connectivity index (χ3v) is 5.25. The van der Waals surface area contributed by atoms with Gasteiger partial charge in [-0.05, 0) is 36.8 Å². The van der Waals surface area contributed by atoms with E-state index in [0.29, 0.717) is 13.1 Å². The molecule has 2 aromatic heterocycles. The third-order valence-electron chi connectivity index (χ3n) is 5.25. The number of hydrogen-bond donors (Lipinski definition) is 1. The largest absolute Gasteiger partial charge is 0.494 e. The van der Waals surface area contributed by atoms with Crippen LogP contribution in [0.4, 0.5) is 4.39 Å². The number of rotatable bonds is 6. The molecule has 1 aliphatic heterocycles. The zero-order valence-electron chi connectivity index (χ0n) is 17.0. The fraction of sp³-hybridized carbons (Fsp3) is 0.381. The highest BCUT2D eigenvalue weighted by atomic mass is 19.1. The molecule has 1 aromatic carbocycles. The highest BCUT2D eigenvalue weighted by Gasteiger charge is 2.23. The first kappa shape index (κ1) is 20.1. The van der Waals surface area contributed by atoms with Crippen LogP contribution in [-0.4, -0.2) is 45.8 Å². The Balaban J connectivity index is 1.42. The van der Waals surface area contributed by atoms with Crippen molar-refractivity contribution in [3.8, 4) is 5.75 Å². The van der Waals surface area contributed by atoms with Crippen LogP contribution < -0.4 is 10.1 Å². The Bertz CT molecular complexity index is 1020. The van der Waals surface area contributed by atoms with Gasteiger partial charge >= 0.3 is 0 Å². The van der Waals surface area contributed by atoms with E-state index in [-0.39, 0.29) is 29.3 Å². The lowest BCUT2D eigenvalue weighted by atomic mass is 10.2. The minimum Gasteiger partial charge on any atom is -0.494 e. The molecule has 9 heteroatoms. The topological polar surface area (TPSA) is 85.4 Å². The van der Waals surface area contributed by atoms with E-state index in [4.69, 9.17) is 9.15 Å². The fourth-order valence-corrected chi connectivity index (χ4v) is 3.67. The van der Waals surface area contributed by atoms with Crippen molar-refractivity contribution in [2.24, 2.45) is 0 Å². The minimum atomic E-state index is -0.362. The first-order valence-electron chi connectivity index (χ1n) is 9.86. The van der Waals surface area contributed by atoms with Crippen molar-refractivity contribution in [3.05, 3.63) is 65.4 Å². The normalized spacial score (nSPS) is 15.3. The molecule has 0 unspecified atom stereocenters. The lowest BCUT2D eigenvalue weighted by Crippen LogP contribution is -2.30. The number of amides is 1. The summed E-state index contributed by atoms with van der Waals surface area (Å²) in [5, 5.41) is 11.5. The first-order valence-corrected chi connectivity index (χ1v) is 9.86. The molecule has 0 saturated carbocycles. The summed E-state index contributed by atoms with van der Waals surface area (Å²) in [7, 11) is 1.47. The van der Waals surface area contributed by atoms with Crippen LogP contribution in [0, 0.1) is 5.82 Å². The smallest absolute Gasteiger partial charge is 0.287 e. The van der Waals surface area contributed by atoms with Crippen molar-refractivity contribution in [3.63, 3.8) is 0 Å². The number of ether oxygens (including phenoxy) is 1. The summed E-state index contributed by atoms with van der Waals surface area (Å²) in [6, 6.07) is 7.93. The maximum absolute atomic E-state index is 13.7. The van der Waals surface area contributed by atoms with E-state index in [2.05, 4.69) is 25.0 Å². The van der Waals surface area contributed by atoms with Crippen LogP contribution in [0.1, 0.15) is 40.7 Å². The lowest BCUT2D eigenvalue weighted by Gasteiger charge is -2.20. The molecule has 3 aromatic rings. The van der Waals surface area contributed by atoms with Crippen LogP contribution in [0.3, 0.4) is 0 Å². The zero-order valence-corrected chi connectivity index (χ0v) is 17.0. The number of aromatic nitrogens is 3. The van der Waals surface area contributed by atoms with Gasteiger partial charge in [0.25, 0.3) is 5.91 Å². The number of methoxy groups -OCH3 is 1. The van der Waals surface area contributed by atoms with Crippen LogP contribution >= 0.6 is 0 Å². The number of hydrogen-bond acceptors (Lipinski definition) is 6. The van der Waals surface area contributed by atoms with Gasteiger partial charge in [-0.15, -0.1) is 10.2 Å². The molecule has 1 atom stereocenters. The van der Waals surface area contributed by atoms with Gasteiger partial charge in [0, 0.05) is 32.6 Å². The van der Waals surface area contributed by atoms with E-state index in [0.717, 1.165) is 36.7 Å². The molecule has 158 valence electrons. The summed E-state index contributed by atoms with van der Waals surface area (Å²) in [4.78, 5) is 14.6. The highest BCUT2D eigenvalue weighted by molar-refractivity contribution is 5.91. The molecule has 0 fully saturated rings. The number of nitrogens with zero attached hydrogens (tertiary/aromatic N) is 4. The Kier molecular flexibility index (Phi) is 5.80. The molecule has 1 N–H and O–H groups in total. The predicted octanol–water partition coefficient (Wildman–Crippen LogP) is 2.57. The van der Waals surface area contributed by atoms with Crippen molar-refractivity contribution in [2.45, 2.75) is 32.5 Å². The zero-order chi connectivity index (χ0) is 21.1. The number of fused-ring (bicyclic) bond motifs is 1. The molecule has 1 aliphatic rings. The number of carbonyl (C=O) groups is 1. The summed E-state index contributed by atoms with van der Waals surface area (Å²) in [6.45, 7) is 4.87. The van der Waals surface area contributed by atoms with Gasteiger partial charge in [0.1, 0.15) is 5.82 Å². The molecule has 0 spiro atoms. The fourth-order valence-electron chi connectivity index (χ4n) is 3.67. The summed E-state index contributed by atoms with van der Waals surface area (Å²) in [5.41, 5.74) is 0.991. The Morgan fingerprint density at radius 2 is 2.17 bits per heavy atom. The monoisotopic (exact) mass is 413 g/mol. The average molecular weight is 413 g/mol. The molecule has 0 saturated heterocycles. The standard InChI is InChI=1S/C21H24FN5O3/c1-14(23-21(28)17-4-3-11-30-17)20-25-24-19-7-8-26(9-10-27(19)20)13-15-5-6-16(22)18(12-15)29-2/h3-6,11-12,14H,7-10,13H2,1-2H3,(H,23,28)/t14-/m0/s1. The maximum Gasteiger partial charge on any atom is 0.287 e. The van der Waals surface area contributed by atoms with E-state index in [9.17, 15) is 9.18 Å². The second kappa shape index (κ2) is 8.66. The Morgan fingerprint density at radius 3 is 2.93 bits per heavy atom. The summed E-state index contributed by atoms with van der Waals surface area (Å²) in [6.07, 6.45) is 2.21. The van der Waals surface area contributed by atoms with Crippen molar-refractivity contribution >= 4 is 5.91 Å². The van der Waals surface area contributed by atoms with Crippen LogP contribution in [-0.2, 0) is 19.5 Å². The van der Waals surface area contributed by atoms with Crippen LogP contribution in [0.15, 0.2) is 41.0 Å². The van der Waals surface area contributed by atoms with Gasteiger partial charge in [-0.25, -0.2) is 4.39 Å². The molecule has 0 radical (unpaired) electrons. The van der Waals surface area contributed by atoms with Crippen LogP contribution in [0.2, 0.25) is 0 Å². The highest BCUT2D eigenvalue weighted by Crippen LogP contribution is 2.21. The second-order valence-corrected chi connectivity index (χ2v) is 7.29. The van der Waals surface area contributed by atoms with Gasteiger partial charge in [0.05, 0.1) is 19.4 Å². The Labute approximate surface area is 173 Å². The van der Waals surface area contributed by atoms with Crippen molar-refractivity contribution < 1.29 is 18.3 Å². The van der Waals surface area contributed by atoms with Crippen LogP contribution in [0.5, 0.6) is 5.75 Å². The van der Waals surface area contributed by atoms with Gasteiger partial charge in [-0.1, -0.05) is 6.07 Å². The van der Waals surface area contributed by atoms with E-state index >= 15 is 0 Å². The molecule has 30 heavy (non-hydrogen) atoms. The van der Waals surface area contributed by atoms with Crippen LogP contribution in [0.25, 0.3) is 0 Å². The number of carbonyl (C=O) groups excluding carboxylic acids is 1. The van der Waals surface area contributed by atoms with E-state index in [1.54, 1.807) is 24.3 Å². The van der Waals surface area contributed by atoms with Gasteiger partial charge in [0.15, 0.2) is 23.2 Å². The van der Waals surface area contributed by atoms with Gasteiger partial charge < -0.3 is 19.0 Å². The van der Waals surface area contributed by atoms with Crippen molar-refractivity contribution in [1.29, 1.82) is 0 Å². The summed E-state index contributed by atoms with van der Waals surface area (Å²) >= 11 is 0. The van der Waals surface area contributed by atoms with E-state index < -0.39 is 0 Å². The molecular weight excluding hydrogens is 389 g/mol. The first-order chi connectivity index (χ1) is 14.5. The number of benzene rings is 1. The van der Waals surface area contributed by atoms with Crippen molar-refractivity contribution in [1.82, 2.24) is 25.0 Å². The van der Waals surface area contributed by atoms with Gasteiger partial charge in [-0.3, -0.25) is 9.69 Å². The molecule has 0 bridgehead atoms. The minimum absolute atomic E-state index is 0.253. The van der Waals surface area contributed by atoms with Gasteiger partial charge in [-0.2, -0.15) is 0 Å². The lowest BCUT2D eigenvalue weighted by molar-refractivity contribution is 0.0909. The van der Waals surface area contributed by atoms with E-state index in [1.807, 2.05) is 6.92 Å². The van der Waals surface area contributed by atoms with E-state index in [1.165, 1.54) is 19.4 Å². The van der Waals surface area contributed by atoms with Gasteiger partial charge in [0.2, 0.25) is 0 Å². The number of halogens is 1. The SMILES string of the molecule is COc1cc(CN2CCc3nnc([C@H](C)NC(=O)c4ccco4)n3CC2)ccc1F. The molecule has 3 heterocycles. The Morgan fingerprint density at radius 1 is 1.30 bits per heavy atom. The molecule has 4 rings (SSSR count). The molecule has 0 aliphatic carbocycles. The Hall–Kier alpha value is -3.20.